The van der Waals surface area contributed by atoms with Gasteiger partial charge >= 0.3 is 5.97 Å². The highest BCUT2D eigenvalue weighted by Gasteiger charge is 2.70. The highest BCUT2D eigenvalue weighted by Crippen LogP contribution is 2.74. The number of carbonyl (C=O) groups excluding carboxylic acids is 1. The van der Waals surface area contributed by atoms with Gasteiger partial charge in [-0.05, 0) is 93.3 Å². The predicted octanol–water partition coefficient (Wildman–Crippen LogP) is 3.31. The second-order valence-electron chi connectivity index (χ2n) is 18.3. The fourth-order valence-corrected chi connectivity index (χ4v) is 11.8. The molecule has 0 aromatic rings. The molecule has 300 valence electrons. The van der Waals surface area contributed by atoms with E-state index in [2.05, 4.69) is 72.8 Å². The Morgan fingerprint density at radius 2 is 1.60 bits per heavy atom. The maximum atomic E-state index is 13.0. The molecule has 6 fully saturated rings. The lowest BCUT2D eigenvalue weighted by atomic mass is 9.35. The molecular weight excluding hydrogens is 684 g/mol. The van der Waals surface area contributed by atoms with Gasteiger partial charge in [0.2, 0.25) is 0 Å². The van der Waals surface area contributed by atoms with Crippen molar-refractivity contribution in [3.05, 3.63) is 35.5 Å². The van der Waals surface area contributed by atoms with Crippen LogP contribution in [0.3, 0.4) is 0 Å². The van der Waals surface area contributed by atoms with Crippen LogP contribution in [0.15, 0.2) is 35.5 Å². The van der Waals surface area contributed by atoms with E-state index < -0.39 is 61.9 Å². The minimum Gasteiger partial charge on any atom is -0.465 e. The van der Waals surface area contributed by atoms with E-state index in [-0.39, 0.29) is 52.2 Å². The van der Waals surface area contributed by atoms with Crippen LogP contribution in [0.2, 0.25) is 0 Å². The minimum atomic E-state index is -1.69. The van der Waals surface area contributed by atoms with Crippen LogP contribution in [0, 0.1) is 39.4 Å². The third-order valence-electron chi connectivity index (χ3n) is 14.7. The van der Waals surface area contributed by atoms with Crippen molar-refractivity contribution in [1.82, 2.24) is 0 Å². The van der Waals surface area contributed by atoms with Crippen molar-refractivity contribution in [3.63, 3.8) is 0 Å². The maximum absolute atomic E-state index is 13.0. The Labute approximate surface area is 314 Å². The van der Waals surface area contributed by atoms with Gasteiger partial charge in [-0.3, -0.25) is 4.79 Å². The summed E-state index contributed by atoms with van der Waals surface area (Å²) in [5.74, 6) is 0.795. The molecule has 0 bridgehead atoms. The molecule has 0 aromatic heterocycles. The van der Waals surface area contributed by atoms with Gasteiger partial charge in [0.05, 0.1) is 32.3 Å². The van der Waals surface area contributed by atoms with Gasteiger partial charge in [0.1, 0.15) is 42.7 Å². The summed E-state index contributed by atoms with van der Waals surface area (Å²) in [5, 5.41) is 62.8. The zero-order valence-electron chi connectivity index (χ0n) is 32.5. The van der Waals surface area contributed by atoms with E-state index in [4.69, 9.17) is 23.7 Å². The zero-order valence-corrected chi connectivity index (χ0v) is 32.5. The van der Waals surface area contributed by atoms with Crippen molar-refractivity contribution < 1.29 is 59.1 Å². The molecule has 0 aromatic carbocycles. The zero-order chi connectivity index (χ0) is 38.7. The molecule has 12 heteroatoms. The van der Waals surface area contributed by atoms with Crippen molar-refractivity contribution in [2.24, 2.45) is 39.4 Å². The van der Waals surface area contributed by atoms with Crippen LogP contribution in [0.1, 0.15) is 93.4 Å². The van der Waals surface area contributed by atoms with Crippen molar-refractivity contribution in [3.8, 4) is 0 Å². The molecule has 3 aliphatic heterocycles. The summed E-state index contributed by atoms with van der Waals surface area (Å²) >= 11 is 0. The Kier molecular flexibility index (Phi) is 11.8. The molecule has 6 rings (SSSR count). The fraction of sp³-hybridized carbons (Fsp3) is 0.829. The molecule has 6 aliphatic rings. The molecule has 0 unspecified atom stereocenters. The summed E-state index contributed by atoms with van der Waals surface area (Å²) in [6.07, 6.45) is 1.67. The predicted molar refractivity (Wildman–Crippen MR) is 194 cm³/mol. The Morgan fingerprint density at radius 1 is 0.868 bits per heavy atom. The SMILES string of the molecule is CC(C)=C/C=C/C(C)=C/[C@H]1CC[C@@H]2[C@@]3(C)CC[C@@H](O[C@@H]4OC[C@H](O)[C@H](O[C@@H]5O[C@H](CO)[C@@H](O)[C@H](O)[C@H]5O)[C@H]4O)C(C)(C)[C@@H]3CC[C@@]2(C)[C@@]12COC(=O)C2. The highest BCUT2D eigenvalue weighted by atomic mass is 16.7. The monoisotopic (exact) mass is 748 g/mol. The van der Waals surface area contributed by atoms with Crippen LogP contribution in [-0.2, 0) is 28.5 Å². The van der Waals surface area contributed by atoms with E-state index in [9.17, 15) is 35.4 Å². The number of esters is 1. The summed E-state index contributed by atoms with van der Waals surface area (Å²) in [5.41, 5.74) is 1.71. The molecule has 53 heavy (non-hydrogen) atoms. The number of aliphatic hydroxyl groups is 6. The lowest BCUT2D eigenvalue weighted by Crippen LogP contribution is -2.66. The Hall–Kier alpha value is -1.71. The number of aliphatic hydroxyl groups excluding tert-OH is 6. The van der Waals surface area contributed by atoms with Gasteiger partial charge in [0.15, 0.2) is 12.6 Å². The van der Waals surface area contributed by atoms with Crippen molar-refractivity contribution in [2.45, 2.75) is 155 Å². The summed E-state index contributed by atoms with van der Waals surface area (Å²) in [7, 11) is 0. The molecule has 1 spiro atoms. The first-order valence-corrected chi connectivity index (χ1v) is 19.6. The minimum absolute atomic E-state index is 0.0287. The lowest BCUT2D eigenvalue weighted by molar-refractivity contribution is -0.357. The van der Waals surface area contributed by atoms with Crippen molar-refractivity contribution >= 4 is 5.97 Å². The topological polar surface area (TPSA) is 185 Å². The lowest BCUT2D eigenvalue weighted by Gasteiger charge is -2.69. The Morgan fingerprint density at radius 3 is 2.26 bits per heavy atom. The van der Waals surface area contributed by atoms with Crippen LogP contribution in [0.4, 0.5) is 0 Å². The second kappa shape index (κ2) is 15.3. The largest absolute Gasteiger partial charge is 0.465 e. The van der Waals surface area contributed by atoms with Crippen LogP contribution < -0.4 is 0 Å². The molecule has 0 amide bonds. The summed E-state index contributed by atoms with van der Waals surface area (Å²) in [6, 6.07) is 0. The fourth-order valence-electron chi connectivity index (χ4n) is 11.8. The van der Waals surface area contributed by atoms with Gasteiger partial charge < -0.3 is 54.3 Å². The highest BCUT2D eigenvalue weighted by molar-refractivity contribution is 5.73. The molecule has 3 heterocycles. The molecule has 3 saturated carbocycles. The molecule has 12 nitrogen and oxygen atoms in total. The summed E-state index contributed by atoms with van der Waals surface area (Å²) in [4.78, 5) is 13.0. The van der Waals surface area contributed by atoms with E-state index in [1.54, 1.807) is 0 Å². The number of ether oxygens (including phenoxy) is 5. The number of fused-ring (bicyclic) bond motifs is 4. The molecule has 6 N–H and O–H groups in total. The summed E-state index contributed by atoms with van der Waals surface area (Å²) < 4.78 is 29.6. The number of rotatable bonds is 8. The second-order valence-corrected chi connectivity index (χ2v) is 18.3. The van der Waals surface area contributed by atoms with Crippen LogP contribution >= 0.6 is 0 Å². The van der Waals surface area contributed by atoms with Gasteiger partial charge in [0.25, 0.3) is 0 Å². The molecule has 3 aliphatic carbocycles. The Balaban J connectivity index is 1.19. The average molecular weight is 749 g/mol. The first-order chi connectivity index (χ1) is 24.9. The Bertz CT molecular complexity index is 1420. The number of allylic oxidation sites excluding steroid dienone is 6. The quantitative estimate of drug-likeness (QED) is 0.121. The van der Waals surface area contributed by atoms with Crippen molar-refractivity contribution in [2.75, 3.05) is 19.8 Å². The van der Waals surface area contributed by atoms with Gasteiger partial charge in [-0.1, -0.05) is 63.1 Å². The van der Waals surface area contributed by atoms with E-state index in [0.29, 0.717) is 18.9 Å². The maximum Gasteiger partial charge on any atom is 0.306 e. The van der Waals surface area contributed by atoms with E-state index in [0.717, 1.165) is 38.5 Å². The standard InChI is InChI=1S/C41H64O12/c1-22(2)9-8-10-23(3)17-24-11-12-28-39(6)15-14-29(38(4,5)27(39)13-16-40(28,7)41(24)18-30(44)50-21-41)52-36-34(48)35(25(43)20-49-36)53-37-33(47)32(46)31(45)26(19-42)51-37/h8-10,17,24-29,31-37,42-43,45-48H,11-16,18-21H2,1-7H3/b10-8+,23-17+/t24-,25+,26-,27+,28-,29-,31-,32+,33-,34-,35+,36+,37+,39+,40-,41+/m1/s1. The third kappa shape index (κ3) is 7.13. The van der Waals surface area contributed by atoms with Crippen LogP contribution in [0.25, 0.3) is 0 Å². The smallest absolute Gasteiger partial charge is 0.306 e. The van der Waals surface area contributed by atoms with E-state index in [1.807, 2.05) is 0 Å². The normalized spacial score (nSPS) is 48.7. The molecular formula is C41H64O12. The van der Waals surface area contributed by atoms with Crippen LogP contribution in [-0.4, -0.2) is 118 Å². The number of cyclic esters (lactones) is 1. The first kappa shape index (κ1) is 40.9. The number of carbonyl (C=O) groups is 1. The number of hydrogen-bond acceptors (Lipinski definition) is 12. The molecule has 3 saturated heterocycles. The van der Waals surface area contributed by atoms with Gasteiger partial charge in [-0.2, -0.15) is 0 Å². The van der Waals surface area contributed by atoms with Gasteiger partial charge in [0, 0.05) is 5.41 Å². The van der Waals surface area contributed by atoms with Gasteiger partial charge in [-0.25, -0.2) is 0 Å². The van der Waals surface area contributed by atoms with E-state index >= 15 is 0 Å². The van der Waals surface area contributed by atoms with Crippen molar-refractivity contribution in [1.29, 1.82) is 0 Å². The first-order valence-electron chi connectivity index (χ1n) is 19.6. The third-order valence-corrected chi connectivity index (χ3v) is 14.7. The van der Waals surface area contributed by atoms with Gasteiger partial charge in [-0.15, -0.1) is 0 Å². The van der Waals surface area contributed by atoms with Crippen LogP contribution in [0.5, 0.6) is 0 Å². The summed E-state index contributed by atoms with van der Waals surface area (Å²) in [6.45, 7) is 15.3. The average Bonchev–Trinajstić information content (AvgIpc) is 3.49. The molecule has 16 atom stereocenters. The molecule has 0 radical (unpaired) electrons. The van der Waals surface area contributed by atoms with E-state index in [1.165, 1.54) is 11.1 Å². The number of hydrogen-bond donors (Lipinski definition) is 6.